The van der Waals surface area contributed by atoms with Crippen molar-refractivity contribution in [2.45, 2.75) is 193 Å². The maximum absolute atomic E-state index is 6.28. The van der Waals surface area contributed by atoms with E-state index in [1.54, 1.807) is 0 Å². The van der Waals surface area contributed by atoms with E-state index in [0.717, 1.165) is 39.0 Å². The van der Waals surface area contributed by atoms with Gasteiger partial charge < -0.3 is 14.4 Å². The van der Waals surface area contributed by atoms with Crippen molar-refractivity contribution in [1.29, 1.82) is 0 Å². The smallest absolute Gasteiger partial charge is 0.158 e. The zero-order valence-corrected chi connectivity index (χ0v) is 31.1. The molecule has 0 amide bonds. The first-order valence-corrected chi connectivity index (χ1v) is 20.4. The quantitative estimate of drug-likeness (QED) is 0.0390. The first-order chi connectivity index (χ1) is 22.9. The van der Waals surface area contributed by atoms with Crippen LogP contribution in [0.1, 0.15) is 187 Å². The summed E-state index contributed by atoms with van der Waals surface area (Å²) >= 11 is 0. The van der Waals surface area contributed by atoms with Crippen LogP contribution in [-0.4, -0.2) is 44.0 Å². The van der Waals surface area contributed by atoms with Gasteiger partial charge in [-0.25, -0.2) is 0 Å². The maximum Gasteiger partial charge on any atom is 0.158 e. The number of ether oxygens (including phenoxy) is 2. The Hall–Kier alpha value is -1.16. The van der Waals surface area contributed by atoms with E-state index >= 15 is 0 Å². The van der Waals surface area contributed by atoms with Crippen molar-refractivity contribution in [2.75, 3.05) is 32.8 Å². The minimum absolute atomic E-state index is 0.0171. The number of rotatable bonds is 35. The summed E-state index contributed by atoms with van der Waals surface area (Å²) in [6.07, 6.45) is 53.3. The van der Waals surface area contributed by atoms with Gasteiger partial charge in [0.2, 0.25) is 0 Å². The van der Waals surface area contributed by atoms with Crippen LogP contribution in [0.3, 0.4) is 0 Å². The Morgan fingerprint density at radius 3 is 1.24 bits per heavy atom. The average molecular weight is 642 g/mol. The molecule has 1 aliphatic heterocycles. The molecule has 0 bridgehead atoms. The second-order valence-corrected chi connectivity index (χ2v) is 13.7. The van der Waals surface area contributed by atoms with E-state index in [2.05, 4.69) is 67.4 Å². The molecule has 1 fully saturated rings. The summed E-state index contributed by atoms with van der Waals surface area (Å²) in [6, 6.07) is 0. The SMILES string of the molecule is CCCCCC=CCC=CCCCCCCCCOC(CCN1CCCC1)OCCCCCCCCC=CCC=CCCCCC. The molecule has 1 saturated heterocycles. The molecule has 1 rings (SSSR count). The molecule has 0 unspecified atom stereocenters. The molecule has 1 heterocycles. The highest BCUT2D eigenvalue weighted by Gasteiger charge is 2.15. The van der Waals surface area contributed by atoms with E-state index in [9.17, 15) is 0 Å². The molecule has 0 aromatic rings. The Morgan fingerprint density at radius 1 is 0.457 bits per heavy atom. The fourth-order valence-corrected chi connectivity index (χ4v) is 6.12. The number of unbranched alkanes of at least 4 members (excludes halogenated alkanes) is 18. The third-order valence-electron chi connectivity index (χ3n) is 9.18. The molecule has 3 heteroatoms. The van der Waals surface area contributed by atoms with Crippen LogP contribution < -0.4 is 0 Å². The Balaban J connectivity index is 2.00. The van der Waals surface area contributed by atoms with E-state index in [0.29, 0.717) is 0 Å². The molecule has 3 nitrogen and oxygen atoms in total. The number of hydrogen-bond donors (Lipinski definition) is 0. The summed E-state index contributed by atoms with van der Waals surface area (Å²) in [5, 5.41) is 0. The zero-order chi connectivity index (χ0) is 32.9. The van der Waals surface area contributed by atoms with Gasteiger partial charge in [0.05, 0.1) is 0 Å². The Labute approximate surface area is 288 Å². The van der Waals surface area contributed by atoms with Crippen LogP contribution >= 0.6 is 0 Å². The topological polar surface area (TPSA) is 21.7 Å². The highest BCUT2D eigenvalue weighted by Crippen LogP contribution is 2.14. The molecule has 268 valence electrons. The summed E-state index contributed by atoms with van der Waals surface area (Å²) in [4.78, 5) is 2.58. The van der Waals surface area contributed by atoms with Gasteiger partial charge in [-0.2, -0.15) is 0 Å². The van der Waals surface area contributed by atoms with E-state index in [-0.39, 0.29) is 6.29 Å². The molecular formula is C43H79NO2. The molecule has 0 aromatic heterocycles. The average Bonchev–Trinajstić information content (AvgIpc) is 3.60. The maximum atomic E-state index is 6.28. The van der Waals surface area contributed by atoms with Crippen molar-refractivity contribution in [3.8, 4) is 0 Å². The van der Waals surface area contributed by atoms with Gasteiger partial charge >= 0.3 is 0 Å². The summed E-state index contributed by atoms with van der Waals surface area (Å²) in [7, 11) is 0. The molecule has 46 heavy (non-hydrogen) atoms. The Bertz CT molecular complexity index is 656. The van der Waals surface area contributed by atoms with Gasteiger partial charge in [0.25, 0.3) is 0 Å². The van der Waals surface area contributed by atoms with Crippen LogP contribution in [0.15, 0.2) is 48.6 Å². The standard InChI is InChI=1S/C43H79NO2/c1-3-5-7-9-11-13-15-17-19-21-23-25-27-29-31-35-41-45-43(37-40-44-38-33-34-39-44)46-42-36-32-30-28-26-24-22-20-18-16-14-12-10-8-6-4-2/h11-14,17-20,43H,3-10,15-16,21-42H2,1-2H3. The normalized spacial score (nSPS) is 15.2. The fourth-order valence-electron chi connectivity index (χ4n) is 6.12. The first kappa shape index (κ1) is 42.9. The van der Waals surface area contributed by atoms with Crippen molar-refractivity contribution >= 4 is 0 Å². The Kier molecular flexibility index (Phi) is 34.2. The lowest BCUT2D eigenvalue weighted by Crippen LogP contribution is -2.27. The van der Waals surface area contributed by atoms with Crippen LogP contribution in [0.4, 0.5) is 0 Å². The van der Waals surface area contributed by atoms with Crippen molar-refractivity contribution in [3.63, 3.8) is 0 Å². The molecule has 1 aliphatic rings. The van der Waals surface area contributed by atoms with E-state index in [1.165, 1.54) is 167 Å². The predicted octanol–water partition coefficient (Wildman–Crippen LogP) is 13.5. The number of allylic oxidation sites excluding steroid dienone is 8. The first-order valence-electron chi connectivity index (χ1n) is 20.4. The van der Waals surface area contributed by atoms with E-state index in [4.69, 9.17) is 9.47 Å². The molecular weight excluding hydrogens is 562 g/mol. The Morgan fingerprint density at radius 2 is 0.826 bits per heavy atom. The largest absolute Gasteiger partial charge is 0.353 e. The lowest BCUT2D eigenvalue weighted by molar-refractivity contribution is -0.149. The van der Waals surface area contributed by atoms with Gasteiger partial charge in [-0.15, -0.1) is 0 Å². The van der Waals surface area contributed by atoms with Crippen LogP contribution in [-0.2, 0) is 9.47 Å². The summed E-state index contributed by atoms with van der Waals surface area (Å²) in [6.45, 7) is 9.87. The predicted molar refractivity (Wildman–Crippen MR) is 205 cm³/mol. The summed E-state index contributed by atoms with van der Waals surface area (Å²) in [5.74, 6) is 0. The van der Waals surface area contributed by atoms with E-state index < -0.39 is 0 Å². The molecule has 0 aromatic carbocycles. The van der Waals surface area contributed by atoms with Gasteiger partial charge in [0.1, 0.15) is 0 Å². The van der Waals surface area contributed by atoms with Crippen LogP contribution in [0.2, 0.25) is 0 Å². The summed E-state index contributed by atoms with van der Waals surface area (Å²) < 4.78 is 12.6. The van der Waals surface area contributed by atoms with Gasteiger partial charge in [-0.1, -0.05) is 140 Å². The highest BCUT2D eigenvalue weighted by molar-refractivity contribution is 4.93. The molecule has 0 N–H and O–H groups in total. The number of likely N-dealkylation sites (tertiary alicyclic amines) is 1. The molecule has 0 atom stereocenters. The second kappa shape index (κ2) is 36.7. The fraction of sp³-hybridized carbons (Fsp3) is 0.814. The molecule has 0 aliphatic carbocycles. The van der Waals surface area contributed by atoms with Crippen molar-refractivity contribution in [2.24, 2.45) is 0 Å². The minimum atomic E-state index is -0.0171. The zero-order valence-electron chi connectivity index (χ0n) is 31.1. The second-order valence-electron chi connectivity index (χ2n) is 13.7. The highest BCUT2D eigenvalue weighted by atomic mass is 16.7. The number of nitrogens with zero attached hydrogens (tertiary/aromatic N) is 1. The third kappa shape index (κ3) is 31.4. The van der Waals surface area contributed by atoms with Crippen LogP contribution in [0, 0.1) is 0 Å². The van der Waals surface area contributed by atoms with Crippen LogP contribution in [0.5, 0.6) is 0 Å². The molecule has 0 radical (unpaired) electrons. The number of hydrogen-bond acceptors (Lipinski definition) is 3. The van der Waals surface area contributed by atoms with Gasteiger partial charge in [0, 0.05) is 26.2 Å². The van der Waals surface area contributed by atoms with E-state index in [1.807, 2.05) is 0 Å². The third-order valence-corrected chi connectivity index (χ3v) is 9.18. The monoisotopic (exact) mass is 642 g/mol. The summed E-state index contributed by atoms with van der Waals surface area (Å²) in [5.41, 5.74) is 0. The molecule has 0 spiro atoms. The van der Waals surface area contributed by atoms with Crippen molar-refractivity contribution in [3.05, 3.63) is 48.6 Å². The lowest BCUT2D eigenvalue weighted by atomic mass is 10.1. The van der Waals surface area contributed by atoms with Gasteiger partial charge in [-0.3, -0.25) is 0 Å². The van der Waals surface area contributed by atoms with Gasteiger partial charge in [-0.05, 0) is 103 Å². The molecule has 0 saturated carbocycles. The lowest BCUT2D eigenvalue weighted by Gasteiger charge is -2.22. The van der Waals surface area contributed by atoms with Gasteiger partial charge in [0.15, 0.2) is 6.29 Å². The van der Waals surface area contributed by atoms with Crippen LogP contribution in [0.25, 0.3) is 0 Å². The van der Waals surface area contributed by atoms with Crippen molar-refractivity contribution in [1.82, 2.24) is 4.90 Å². The van der Waals surface area contributed by atoms with Crippen molar-refractivity contribution < 1.29 is 9.47 Å². The minimum Gasteiger partial charge on any atom is -0.353 e.